The van der Waals surface area contributed by atoms with Crippen LogP contribution in [0.25, 0.3) is 0 Å². The summed E-state index contributed by atoms with van der Waals surface area (Å²) in [6.07, 6.45) is 9.24. The topological polar surface area (TPSA) is 143 Å². The minimum atomic E-state index is -0.672. The number of carbonyl (C=O) groups is 2. The fourth-order valence-electron chi connectivity index (χ4n) is 2.68. The lowest BCUT2D eigenvalue weighted by Gasteiger charge is -2.04. The Morgan fingerprint density at radius 3 is 1.11 bits per heavy atom. The molecule has 0 radical (unpaired) electrons. The Labute approximate surface area is 213 Å². The van der Waals surface area contributed by atoms with Crippen LogP contribution in [0.2, 0.25) is 0 Å². The fraction of sp³-hybridized carbons (Fsp3) is 0.923. The largest absolute Gasteiger partial charge is 0.481 e. The number of hydrogen-bond acceptors (Lipinski definition) is 7. The number of rotatable bonds is 22. The van der Waals surface area contributed by atoms with Crippen molar-refractivity contribution in [1.29, 1.82) is 0 Å². The van der Waals surface area contributed by atoms with Gasteiger partial charge in [0, 0.05) is 12.8 Å². The first-order valence-corrected chi connectivity index (χ1v) is 13.1. The van der Waals surface area contributed by atoms with Gasteiger partial charge < -0.3 is 34.6 Å². The molecule has 9 heteroatoms. The highest BCUT2D eigenvalue weighted by Gasteiger charge is 1.98. The number of carboxylic acid groups (broad SMARTS) is 2. The zero-order chi connectivity index (χ0) is 27.2. The van der Waals surface area contributed by atoms with E-state index in [1.54, 1.807) is 0 Å². The van der Waals surface area contributed by atoms with E-state index in [1.807, 2.05) is 0 Å². The molecule has 0 aromatic carbocycles. The van der Waals surface area contributed by atoms with Crippen molar-refractivity contribution in [3.8, 4) is 0 Å². The van der Waals surface area contributed by atoms with Gasteiger partial charge in [0.05, 0.1) is 52.9 Å². The predicted molar refractivity (Wildman–Crippen MR) is 138 cm³/mol. The van der Waals surface area contributed by atoms with E-state index in [0.717, 1.165) is 37.5 Å². The number of carboxylic acids is 2. The minimum Gasteiger partial charge on any atom is -0.481 e. The fourth-order valence-corrected chi connectivity index (χ4v) is 2.68. The highest BCUT2D eigenvalue weighted by Crippen LogP contribution is 2.09. The lowest BCUT2D eigenvalue weighted by Crippen LogP contribution is -2.11. The second kappa shape index (κ2) is 32.7. The molecule has 0 heterocycles. The minimum absolute atomic E-state index is 0.0413. The van der Waals surface area contributed by atoms with Gasteiger partial charge in [-0.1, -0.05) is 66.2 Å². The lowest BCUT2D eigenvalue weighted by atomic mass is 10.0. The van der Waals surface area contributed by atoms with Crippen molar-refractivity contribution in [1.82, 2.24) is 0 Å². The van der Waals surface area contributed by atoms with Crippen LogP contribution in [-0.4, -0.2) is 85.2 Å². The SMILES string of the molecule is CC(C)CCCCCC(=O)O.CC(C)CCCCCC(=O)O.OCCOCCOCCOCCO. The molecule has 0 saturated heterocycles. The molecule has 0 atom stereocenters. The summed E-state index contributed by atoms with van der Waals surface area (Å²) in [5.74, 6) is 0.156. The van der Waals surface area contributed by atoms with Gasteiger partial charge in [0.15, 0.2) is 0 Å². The molecule has 0 aliphatic carbocycles. The van der Waals surface area contributed by atoms with E-state index in [2.05, 4.69) is 27.7 Å². The molecule has 4 N–H and O–H groups in total. The van der Waals surface area contributed by atoms with Crippen molar-refractivity contribution >= 4 is 11.9 Å². The van der Waals surface area contributed by atoms with Gasteiger partial charge in [-0.2, -0.15) is 0 Å². The molecule has 9 nitrogen and oxygen atoms in total. The smallest absolute Gasteiger partial charge is 0.303 e. The Hall–Kier alpha value is -1.26. The molecule has 0 aliphatic rings. The molecular formula is C26H54O9. The van der Waals surface area contributed by atoms with Crippen LogP contribution in [0.3, 0.4) is 0 Å². The molecule has 0 rings (SSSR count). The summed E-state index contributed by atoms with van der Waals surface area (Å²) in [6.45, 7) is 11.5. The van der Waals surface area contributed by atoms with Crippen molar-refractivity contribution in [2.45, 2.75) is 91.9 Å². The Bertz CT molecular complexity index is 391. The normalized spacial score (nSPS) is 10.5. The third-order valence-electron chi connectivity index (χ3n) is 4.56. The average molecular weight is 511 g/mol. The van der Waals surface area contributed by atoms with Gasteiger partial charge in [0.1, 0.15) is 0 Å². The van der Waals surface area contributed by atoms with Crippen molar-refractivity contribution in [3.05, 3.63) is 0 Å². The van der Waals surface area contributed by atoms with Crippen LogP contribution in [0.15, 0.2) is 0 Å². The summed E-state index contributed by atoms with van der Waals surface area (Å²) in [7, 11) is 0. The van der Waals surface area contributed by atoms with Crippen LogP contribution >= 0.6 is 0 Å². The third-order valence-corrected chi connectivity index (χ3v) is 4.56. The van der Waals surface area contributed by atoms with Gasteiger partial charge in [-0.3, -0.25) is 9.59 Å². The van der Waals surface area contributed by atoms with Crippen LogP contribution in [0.5, 0.6) is 0 Å². The number of aliphatic hydroxyl groups excluding tert-OH is 2. The highest BCUT2D eigenvalue weighted by molar-refractivity contribution is 5.66. The number of aliphatic carboxylic acids is 2. The van der Waals surface area contributed by atoms with Crippen molar-refractivity contribution < 1.29 is 44.2 Å². The van der Waals surface area contributed by atoms with Crippen LogP contribution in [0, 0.1) is 11.8 Å². The number of aliphatic hydroxyl groups is 2. The molecule has 0 spiro atoms. The Morgan fingerprint density at radius 1 is 0.543 bits per heavy atom. The average Bonchev–Trinajstić information content (AvgIpc) is 2.77. The third kappa shape index (κ3) is 50.5. The molecule has 0 aromatic rings. The zero-order valence-electron chi connectivity index (χ0n) is 22.7. The van der Waals surface area contributed by atoms with Gasteiger partial charge in [0.25, 0.3) is 0 Å². The second-order valence-electron chi connectivity index (χ2n) is 9.06. The maximum atomic E-state index is 10.1. The summed E-state index contributed by atoms with van der Waals surface area (Å²) in [4.78, 5) is 20.2. The summed E-state index contributed by atoms with van der Waals surface area (Å²) in [5.41, 5.74) is 0. The Kier molecular flexibility index (Phi) is 35.8. The van der Waals surface area contributed by atoms with E-state index in [4.69, 9.17) is 34.6 Å². The molecule has 0 amide bonds. The van der Waals surface area contributed by atoms with Crippen LogP contribution in [0.1, 0.15) is 91.9 Å². The van der Waals surface area contributed by atoms with E-state index < -0.39 is 11.9 Å². The van der Waals surface area contributed by atoms with Crippen molar-refractivity contribution in [2.75, 3.05) is 52.9 Å². The molecule has 0 saturated carbocycles. The molecule has 0 bridgehead atoms. The predicted octanol–water partition coefficient (Wildman–Crippen LogP) is 4.38. The summed E-state index contributed by atoms with van der Waals surface area (Å²) < 4.78 is 15.0. The maximum Gasteiger partial charge on any atom is 0.303 e. The molecule has 0 aromatic heterocycles. The van der Waals surface area contributed by atoms with Gasteiger partial charge in [-0.25, -0.2) is 0 Å². The first-order chi connectivity index (χ1) is 16.7. The van der Waals surface area contributed by atoms with Crippen molar-refractivity contribution in [2.24, 2.45) is 11.8 Å². The van der Waals surface area contributed by atoms with E-state index in [0.29, 0.717) is 52.5 Å². The Balaban J connectivity index is -0.000000441. The zero-order valence-corrected chi connectivity index (χ0v) is 22.7. The summed E-state index contributed by atoms with van der Waals surface area (Å²) in [6, 6.07) is 0. The van der Waals surface area contributed by atoms with Crippen LogP contribution in [0.4, 0.5) is 0 Å². The molecule has 0 unspecified atom stereocenters. The van der Waals surface area contributed by atoms with Gasteiger partial charge >= 0.3 is 11.9 Å². The van der Waals surface area contributed by atoms with E-state index in [9.17, 15) is 9.59 Å². The first-order valence-electron chi connectivity index (χ1n) is 13.1. The van der Waals surface area contributed by atoms with Gasteiger partial charge in [-0.05, 0) is 24.7 Å². The highest BCUT2D eigenvalue weighted by atomic mass is 16.5. The van der Waals surface area contributed by atoms with Crippen molar-refractivity contribution in [3.63, 3.8) is 0 Å². The second-order valence-corrected chi connectivity index (χ2v) is 9.06. The first kappa shape index (κ1) is 38.3. The molecule has 0 fully saturated rings. The monoisotopic (exact) mass is 510 g/mol. The number of ether oxygens (including phenoxy) is 3. The van der Waals surface area contributed by atoms with Gasteiger partial charge in [-0.15, -0.1) is 0 Å². The maximum absolute atomic E-state index is 10.1. The summed E-state index contributed by atoms with van der Waals surface area (Å²) in [5, 5.41) is 33.4. The van der Waals surface area contributed by atoms with Crippen LogP contribution in [-0.2, 0) is 23.8 Å². The lowest BCUT2D eigenvalue weighted by molar-refractivity contribution is -0.138. The molecule has 212 valence electrons. The quantitative estimate of drug-likeness (QED) is 0.156. The summed E-state index contributed by atoms with van der Waals surface area (Å²) >= 11 is 0. The molecule has 35 heavy (non-hydrogen) atoms. The Morgan fingerprint density at radius 2 is 0.857 bits per heavy atom. The van der Waals surface area contributed by atoms with E-state index >= 15 is 0 Å². The van der Waals surface area contributed by atoms with E-state index in [-0.39, 0.29) is 13.2 Å². The number of hydrogen-bond donors (Lipinski definition) is 4. The standard InChI is InChI=1S/2C9H18O2.C8H18O5/c2*1-8(2)6-4-3-5-7-9(10)11;9-1-3-11-5-7-13-8-6-12-4-2-10/h2*8H,3-7H2,1-2H3,(H,10,11);9-10H,1-8H2. The number of unbranched alkanes of at least 4 members (excludes halogenated alkanes) is 4. The molecular weight excluding hydrogens is 456 g/mol. The van der Waals surface area contributed by atoms with Gasteiger partial charge in [0.2, 0.25) is 0 Å². The van der Waals surface area contributed by atoms with Crippen LogP contribution < -0.4 is 0 Å². The molecule has 0 aliphatic heterocycles. The van der Waals surface area contributed by atoms with E-state index in [1.165, 1.54) is 25.7 Å².